The van der Waals surface area contributed by atoms with E-state index in [-0.39, 0.29) is 24.5 Å². The number of carbonyl (C=O) groups is 3. The highest BCUT2D eigenvalue weighted by Gasteiger charge is 2.31. The van der Waals surface area contributed by atoms with Gasteiger partial charge in [0.25, 0.3) is 0 Å². The SMILES string of the molecule is CC(C)(C)CC(CO)NC(=O)C(CC(=O)O)NC(=O)OCC1c2ccccc2-c2ccccc21. The summed E-state index contributed by atoms with van der Waals surface area (Å²) < 4.78 is 5.44. The van der Waals surface area contributed by atoms with Crippen molar-refractivity contribution < 1.29 is 29.3 Å². The van der Waals surface area contributed by atoms with E-state index in [9.17, 15) is 24.6 Å². The smallest absolute Gasteiger partial charge is 0.407 e. The van der Waals surface area contributed by atoms with Gasteiger partial charge < -0.3 is 25.6 Å². The maximum Gasteiger partial charge on any atom is 0.407 e. The zero-order valence-electron chi connectivity index (χ0n) is 19.7. The summed E-state index contributed by atoms with van der Waals surface area (Å²) in [5.41, 5.74) is 4.10. The van der Waals surface area contributed by atoms with Crippen molar-refractivity contribution in [1.82, 2.24) is 10.6 Å². The Labute approximate surface area is 199 Å². The molecule has 0 saturated heterocycles. The monoisotopic (exact) mass is 468 g/mol. The maximum atomic E-state index is 12.7. The van der Waals surface area contributed by atoms with Gasteiger partial charge in [0.05, 0.1) is 19.1 Å². The quantitative estimate of drug-likeness (QED) is 0.448. The second-order valence-electron chi connectivity index (χ2n) is 9.77. The largest absolute Gasteiger partial charge is 0.481 e. The van der Waals surface area contributed by atoms with Gasteiger partial charge >= 0.3 is 12.1 Å². The Balaban J connectivity index is 1.65. The van der Waals surface area contributed by atoms with E-state index in [1.54, 1.807) is 0 Å². The Hall–Kier alpha value is -3.39. The van der Waals surface area contributed by atoms with E-state index in [2.05, 4.69) is 10.6 Å². The van der Waals surface area contributed by atoms with Crippen molar-refractivity contribution in [2.45, 2.75) is 51.6 Å². The number of rotatable bonds is 9. The minimum atomic E-state index is -1.33. The summed E-state index contributed by atoms with van der Waals surface area (Å²) in [7, 11) is 0. The molecule has 1 aliphatic rings. The summed E-state index contributed by atoms with van der Waals surface area (Å²) in [6, 6.07) is 13.9. The lowest BCUT2D eigenvalue weighted by Crippen LogP contribution is -2.52. The van der Waals surface area contributed by atoms with Gasteiger partial charge in [-0.05, 0) is 34.1 Å². The van der Waals surface area contributed by atoms with Crippen LogP contribution >= 0.6 is 0 Å². The minimum Gasteiger partial charge on any atom is -0.481 e. The fourth-order valence-electron chi connectivity index (χ4n) is 4.37. The van der Waals surface area contributed by atoms with Gasteiger partial charge in [-0.3, -0.25) is 9.59 Å². The number of carboxylic acids is 1. The maximum absolute atomic E-state index is 12.7. The van der Waals surface area contributed by atoms with Gasteiger partial charge in [-0.25, -0.2) is 4.79 Å². The lowest BCUT2D eigenvalue weighted by Gasteiger charge is -2.27. The van der Waals surface area contributed by atoms with Crippen LogP contribution in [0.25, 0.3) is 11.1 Å². The topological polar surface area (TPSA) is 125 Å². The van der Waals surface area contributed by atoms with Crippen LogP contribution in [0.5, 0.6) is 0 Å². The average molecular weight is 469 g/mol. The zero-order valence-corrected chi connectivity index (χ0v) is 19.7. The van der Waals surface area contributed by atoms with Crippen LogP contribution in [-0.2, 0) is 14.3 Å². The van der Waals surface area contributed by atoms with Gasteiger partial charge in [0.2, 0.25) is 5.91 Å². The lowest BCUT2D eigenvalue weighted by atomic mass is 9.88. The minimum absolute atomic E-state index is 0.0462. The van der Waals surface area contributed by atoms with Crippen LogP contribution in [0.3, 0.4) is 0 Å². The van der Waals surface area contributed by atoms with E-state index >= 15 is 0 Å². The molecule has 8 nitrogen and oxygen atoms in total. The number of aliphatic hydroxyl groups excluding tert-OH is 1. The van der Waals surface area contributed by atoms with Crippen molar-refractivity contribution in [1.29, 1.82) is 0 Å². The van der Waals surface area contributed by atoms with Crippen LogP contribution in [0.15, 0.2) is 48.5 Å². The Morgan fingerprint density at radius 2 is 1.53 bits per heavy atom. The fraction of sp³-hybridized carbons (Fsp3) is 0.423. The van der Waals surface area contributed by atoms with E-state index in [4.69, 9.17) is 4.74 Å². The first-order valence-electron chi connectivity index (χ1n) is 11.3. The van der Waals surface area contributed by atoms with E-state index in [1.165, 1.54) is 0 Å². The Morgan fingerprint density at radius 3 is 2.03 bits per heavy atom. The Morgan fingerprint density at radius 1 is 0.971 bits per heavy atom. The van der Waals surface area contributed by atoms with Crippen LogP contribution in [0, 0.1) is 5.41 Å². The molecule has 2 amide bonds. The fourth-order valence-corrected chi connectivity index (χ4v) is 4.37. The van der Waals surface area contributed by atoms with Crippen molar-refractivity contribution in [3.63, 3.8) is 0 Å². The highest BCUT2D eigenvalue weighted by Crippen LogP contribution is 2.44. The molecule has 8 heteroatoms. The van der Waals surface area contributed by atoms with Gasteiger partial charge in [-0.2, -0.15) is 0 Å². The van der Waals surface area contributed by atoms with Gasteiger partial charge in [-0.15, -0.1) is 0 Å². The summed E-state index contributed by atoms with van der Waals surface area (Å²) in [5, 5.41) is 23.8. The highest BCUT2D eigenvalue weighted by molar-refractivity contribution is 5.89. The molecule has 34 heavy (non-hydrogen) atoms. The first kappa shape index (κ1) is 25.2. The molecule has 0 radical (unpaired) electrons. The number of alkyl carbamates (subject to hydrolysis) is 1. The number of aliphatic hydroxyl groups is 1. The number of carboxylic acid groups (broad SMARTS) is 1. The summed E-state index contributed by atoms with van der Waals surface area (Å²) in [6.45, 7) is 5.64. The third-order valence-corrected chi connectivity index (χ3v) is 5.76. The molecule has 2 atom stereocenters. The second kappa shape index (κ2) is 10.7. The number of aliphatic carboxylic acids is 1. The number of fused-ring (bicyclic) bond motifs is 3. The Bertz CT molecular complexity index is 1000. The molecule has 0 saturated carbocycles. The normalized spacial score (nSPS) is 14.5. The van der Waals surface area contributed by atoms with Gasteiger partial charge in [0.1, 0.15) is 12.6 Å². The third kappa shape index (κ3) is 6.35. The molecule has 0 spiro atoms. The van der Waals surface area contributed by atoms with E-state index in [1.807, 2.05) is 69.3 Å². The van der Waals surface area contributed by atoms with E-state index < -0.39 is 36.5 Å². The number of carbonyl (C=O) groups excluding carboxylic acids is 2. The van der Waals surface area contributed by atoms with Crippen molar-refractivity contribution >= 4 is 18.0 Å². The van der Waals surface area contributed by atoms with Crippen LogP contribution in [0.2, 0.25) is 0 Å². The highest BCUT2D eigenvalue weighted by atomic mass is 16.5. The predicted molar refractivity (Wildman–Crippen MR) is 127 cm³/mol. The molecule has 2 aromatic carbocycles. The molecular weight excluding hydrogens is 436 g/mol. The molecule has 1 aliphatic carbocycles. The van der Waals surface area contributed by atoms with Gasteiger partial charge in [-0.1, -0.05) is 69.3 Å². The molecule has 0 heterocycles. The van der Waals surface area contributed by atoms with Crippen LogP contribution in [0.4, 0.5) is 4.79 Å². The number of ether oxygens (including phenoxy) is 1. The zero-order chi connectivity index (χ0) is 24.9. The predicted octanol–water partition coefficient (Wildman–Crippen LogP) is 3.28. The molecule has 182 valence electrons. The molecular formula is C26H32N2O6. The molecule has 3 rings (SSSR count). The summed E-state index contributed by atoms with van der Waals surface area (Å²) >= 11 is 0. The second-order valence-corrected chi connectivity index (χ2v) is 9.77. The van der Waals surface area contributed by atoms with Crippen LogP contribution in [0.1, 0.15) is 50.7 Å². The van der Waals surface area contributed by atoms with Gasteiger partial charge in [0.15, 0.2) is 0 Å². The molecule has 0 aromatic heterocycles. The molecule has 0 aliphatic heterocycles. The summed E-state index contributed by atoms with van der Waals surface area (Å²) in [4.78, 5) is 36.5. The number of benzene rings is 2. The molecule has 0 bridgehead atoms. The van der Waals surface area contributed by atoms with Crippen LogP contribution in [-0.4, -0.2) is 53.5 Å². The number of amides is 2. The van der Waals surface area contributed by atoms with E-state index in [0.29, 0.717) is 6.42 Å². The standard InChI is InChI=1S/C26H32N2O6/c1-26(2,3)13-16(14-29)27-24(32)22(12-23(30)31)28-25(33)34-15-21-19-10-6-4-8-17(19)18-9-5-7-11-20(18)21/h4-11,16,21-22,29H,12-15H2,1-3H3,(H,27,32)(H,28,33)(H,30,31). The van der Waals surface area contributed by atoms with Crippen molar-refractivity contribution in [3.05, 3.63) is 59.7 Å². The van der Waals surface area contributed by atoms with Crippen LogP contribution < -0.4 is 10.6 Å². The van der Waals surface area contributed by atoms with Gasteiger partial charge in [0, 0.05) is 5.92 Å². The summed E-state index contributed by atoms with van der Waals surface area (Å²) in [6.07, 6.45) is -0.997. The molecule has 2 aromatic rings. The number of hydrogen-bond donors (Lipinski definition) is 4. The molecule has 0 fully saturated rings. The number of hydrogen-bond acceptors (Lipinski definition) is 5. The van der Waals surface area contributed by atoms with E-state index in [0.717, 1.165) is 22.3 Å². The average Bonchev–Trinajstić information content (AvgIpc) is 3.09. The van der Waals surface area contributed by atoms with Crippen molar-refractivity contribution in [2.24, 2.45) is 5.41 Å². The third-order valence-electron chi connectivity index (χ3n) is 5.76. The van der Waals surface area contributed by atoms with Crippen molar-refractivity contribution in [3.8, 4) is 11.1 Å². The molecule has 2 unspecified atom stereocenters. The number of nitrogens with one attached hydrogen (secondary N) is 2. The van der Waals surface area contributed by atoms with Crippen molar-refractivity contribution in [2.75, 3.05) is 13.2 Å². The summed E-state index contributed by atoms with van der Waals surface area (Å²) in [5.74, 6) is -2.08. The lowest BCUT2D eigenvalue weighted by molar-refractivity contribution is -0.140. The first-order chi connectivity index (χ1) is 16.1. The Kier molecular flexibility index (Phi) is 7.94. The first-order valence-corrected chi connectivity index (χ1v) is 11.3. The molecule has 4 N–H and O–H groups in total.